The molecule has 0 bridgehead atoms. The molecular weight excluding hydrogens is 234 g/mol. The van der Waals surface area contributed by atoms with Gasteiger partial charge in [0.1, 0.15) is 13.2 Å². The van der Waals surface area contributed by atoms with Crippen LogP contribution in [0.3, 0.4) is 0 Å². The summed E-state index contributed by atoms with van der Waals surface area (Å²) in [5, 5.41) is 2.56. The van der Waals surface area contributed by atoms with Crippen LogP contribution in [0, 0.1) is 11.3 Å². The first kappa shape index (κ1) is 14.5. The fraction of sp³-hybridized carbons (Fsp3) is 0.692. The number of nitrogens with one attached hydrogen (secondary N) is 1. The third kappa shape index (κ3) is 3.75. The molecule has 1 saturated carbocycles. The van der Waals surface area contributed by atoms with E-state index in [9.17, 15) is 9.59 Å². The summed E-state index contributed by atoms with van der Waals surface area (Å²) in [5.41, 5.74) is -0.266. The van der Waals surface area contributed by atoms with Gasteiger partial charge in [0.25, 0.3) is 0 Å². The summed E-state index contributed by atoms with van der Waals surface area (Å²) in [6.07, 6.45) is 2.58. The van der Waals surface area contributed by atoms with Gasteiger partial charge in [0, 0.05) is 18.4 Å². The third-order valence-corrected chi connectivity index (χ3v) is 3.16. The minimum Gasteiger partial charge on any atom is -0.465 e. The van der Waals surface area contributed by atoms with Crippen molar-refractivity contribution in [3.05, 3.63) is 12.7 Å². The van der Waals surface area contributed by atoms with Gasteiger partial charge in [-0.15, -0.1) is 6.58 Å². The molecule has 5 heteroatoms. The molecule has 0 radical (unpaired) electrons. The molecule has 1 fully saturated rings. The maximum atomic E-state index is 11.2. The van der Waals surface area contributed by atoms with Gasteiger partial charge in [-0.1, -0.05) is 13.0 Å². The topological polar surface area (TPSA) is 64.6 Å². The Morgan fingerprint density at radius 2 is 2.06 bits per heavy atom. The molecule has 0 spiro atoms. The predicted molar refractivity (Wildman–Crippen MR) is 67.0 cm³/mol. The molecule has 0 saturated heterocycles. The van der Waals surface area contributed by atoms with E-state index in [0.29, 0.717) is 13.0 Å². The average Bonchev–Trinajstić information content (AvgIpc) is 3.08. The predicted octanol–water partition coefficient (Wildman–Crippen LogP) is 1.88. The number of carbonyl (C=O) groups is 2. The van der Waals surface area contributed by atoms with Crippen molar-refractivity contribution in [1.82, 2.24) is 5.32 Å². The van der Waals surface area contributed by atoms with Crippen molar-refractivity contribution in [2.75, 3.05) is 19.8 Å². The van der Waals surface area contributed by atoms with Gasteiger partial charge >= 0.3 is 12.1 Å². The van der Waals surface area contributed by atoms with E-state index in [1.165, 1.54) is 0 Å². The molecule has 2 atom stereocenters. The number of ether oxygens (including phenoxy) is 2. The number of rotatable bonds is 7. The summed E-state index contributed by atoms with van der Waals surface area (Å²) < 4.78 is 10.3. The Morgan fingerprint density at radius 3 is 2.56 bits per heavy atom. The van der Waals surface area contributed by atoms with Crippen molar-refractivity contribution in [2.24, 2.45) is 11.3 Å². The van der Waals surface area contributed by atoms with Crippen LogP contribution >= 0.6 is 0 Å². The lowest BCUT2D eigenvalue weighted by molar-refractivity contribution is -0.145. The summed E-state index contributed by atoms with van der Waals surface area (Å²) in [6, 6.07) is 0. The van der Waals surface area contributed by atoms with Crippen molar-refractivity contribution in [1.29, 1.82) is 0 Å². The SMILES string of the molecule is C=CC1CC1(COC(=O)CC)COC(=O)NCC. The summed E-state index contributed by atoms with van der Waals surface area (Å²) in [5.74, 6) is 0.0127. The summed E-state index contributed by atoms with van der Waals surface area (Å²) in [4.78, 5) is 22.4. The molecule has 1 aliphatic rings. The van der Waals surface area contributed by atoms with Crippen LogP contribution in [0.1, 0.15) is 26.7 Å². The number of hydrogen-bond acceptors (Lipinski definition) is 4. The molecule has 0 heterocycles. The van der Waals surface area contributed by atoms with Gasteiger partial charge in [0.2, 0.25) is 0 Å². The smallest absolute Gasteiger partial charge is 0.407 e. The monoisotopic (exact) mass is 255 g/mol. The van der Waals surface area contributed by atoms with E-state index < -0.39 is 6.09 Å². The molecule has 1 amide bonds. The Morgan fingerprint density at radius 1 is 1.39 bits per heavy atom. The van der Waals surface area contributed by atoms with Crippen LogP contribution in [0.4, 0.5) is 4.79 Å². The highest BCUT2D eigenvalue weighted by Gasteiger charge is 2.54. The minimum atomic E-state index is -0.437. The van der Waals surface area contributed by atoms with Crippen molar-refractivity contribution >= 4 is 12.1 Å². The second kappa shape index (κ2) is 6.42. The highest BCUT2D eigenvalue weighted by atomic mass is 16.6. The molecule has 1 N–H and O–H groups in total. The number of hydrogen-bond donors (Lipinski definition) is 1. The van der Waals surface area contributed by atoms with Gasteiger partial charge in [0.05, 0.1) is 0 Å². The molecule has 1 aliphatic carbocycles. The van der Waals surface area contributed by atoms with Crippen LogP contribution in [0.25, 0.3) is 0 Å². The molecule has 5 nitrogen and oxygen atoms in total. The zero-order valence-corrected chi connectivity index (χ0v) is 11.0. The molecular formula is C13H21NO4. The normalized spacial score (nSPS) is 25.1. The van der Waals surface area contributed by atoms with E-state index >= 15 is 0 Å². The van der Waals surface area contributed by atoms with E-state index in [2.05, 4.69) is 11.9 Å². The lowest BCUT2D eigenvalue weighted by Gasteiger charge is -2.16. The molecule has 1 rings (SSSR count). The first-order valence-electron chi connectivity index (χ1n) is 6.26. The van der Waals surface area contributed by atoms with Gasteiger partial charge in [-0.2, -0.15) is 0 Å². The van der Waals surface area contributed by atoms with Crippen LogP contribution in [0.15, 0.2) is 12.7 Å². The van der Waals surface area contributed by atoms with Crippen molar-refractivity contribution < 1.29 is 19.1 Å². The second-order valence-corrected chi connectivity index (χ2v) is 4.53. The number of amides is 1. The first-order chi connectivity index (χ1) is 8.57. The summed E-state index contributed by atoms with van der Waals surface area (Å²) in [7, 11) is 0. The van der Waals surface area contributed by atoms with E-state index in [4.69, 9.17) is 9.47 Å². The molecule has 0 aromatic carbocycles. The average molecular weight is 255 g/mol. The zero-order valence-electron chi connectivity index (χ0n) is 11.0. The van der Waals surface area contributed by atoms with E-state index in [0.717, 1.165) is 6.42 Å². The summed E-state index contributed by atoms with van der Waals surface area (Å²) >= 11 is 0. The fourth-order valence-electron chi connectivity index (χ4n) is 1.82. The molecule has 0 aliphatic heterocycles. The van der Waals surface area contributed by atoms with Gasteiger partial charge in [-0.3, -0.25) is 4.79 Å². The minimum absolute atomic E-state index is 0.234. The van der Waals surface area contributed by atoms with Crippen LogP contribution in [-0.4, -0.2) is 31.8 Å². The number of carbonyl (C=O) groups excluding carboxylic acids is 2. The second-order valence-electron chi connectivity index (χ2n) is 4.53. The lowest BCUT2D eigenvalue weighted by atomic mass is 10.1. The van der Waals surface area contributed by atoms with Gasteiger partial charge in [-0.05, 0) is 19.3 Å². The van der Waals surface area contributed by atoms with Gasteiger partial charge in [0.15, 0.2) is 0 Å². The Hall–Kier alpha value is -1.52. The van der Waals surface area contributed by atoms with Crippen LogP contribution in [-0.2, 0) is 14.3 Å². The Kier molecular flexibility index (Phi) is 5.19. The highest BCUT2D eigenvalue weighted by Crippen LogP contribution is 2.53. The Bertz CT molecular complexity index is 329. The van der Waals surface area contributed by atoms with Crippen LogP contribution in [0.5, 0.6) is 0 Å². The first-order valence-corrected chi connectivity index (χ1v) is 6.26. The molecule has 0 aromatic rings. The zero-order chi connectivity index (χ0) is 13.6. The summed E-state index contributed by atoms with van der Waals surface area (Å²) in [6.45, 7) is 8.38. The van der Waals surface area contributed by atoms with Crippen molar-refractivity contribution in [3.8, 4) is 0 Å². The number of alkyl carbamates (subject to hydrolysis) is 1. The molecule has 0 aromatic heterocycles. The number of esters is 1. The molecule has 102 valence electrons. The van der Waals surface area contributed by atoms with Gasteiger partial charge in [-0.25, -0.2) is 4.79 Å². The quantitative estimate of drug-likeness (QED) is 0.557. The molecule has 18 heavy (non-hydrogen) atoms. The highest BCUT2D eigenvalue weighted by molar-refractivity contribution is 5.69. The fourth-order valence-corrected chi connectivity index (χ4v) is 1.82. The Balaban J connectivity index is 2.42. The maximum Gasteiger partial charge on any atom is 0.407 e. The lowest BCUT2D eigenvalue weighted by Crippen LogP contribution is -2.29. The molecule has 2 unspecified atom stereocenters. The van der Waals surface area contributed by atoms with E-state index in [-0.39, 0.29) is 30.5 Å². The van der Waals surface area contributed by atoms with Crippen molar-refractivity contribution in [2.45, 2.75) is 26.7 Å². The van der Waals surface area contributed by atoms with Gasteiger partial charge < -0.3 is 14.8 Å². The van der Waals surface area contributed by atoms with Crippen LogP contribution < -0.4 is 5.32 Å². The maximum absolute atomic E-state index is 11.2. The number of allylic oxidation sites excluding steroid dienone is 1. The van der Waals surface area contributed by atoms with Crippen LogP contribution in [0.2, 0.25) is 0 Å². The van der Waals surface area contributed by atoms with Crippen molar-refractivity contribution in [3.63, 3.8) is 0 Å². The third-order valence-electron chi connectivity index (χ3n) is 3.16. The standard InChI is InChI=1S/C13H21NO4/c1-4-10-7-13(10,8-17-11(15)5-2)9-18-12(16)14-6-3/h4,10H,1,5-9H2,2-3H3,(H,14,16). The van der Waals surface area contributed by atoms with E-state index in [1.807, 2.05) is 13.0 Å². The van der Waals surface area contributed by atoms with E-state index in [1.54, 1.807) is 6.92 Å². The largest absolute Gasteiger partial charge is 0.465 e. The Labute approximate surface area is 108 Å².